The molecule has 2 nitrogen and oxygen atoms in total. The van der Waals surface area contributed by atoms with Crippen molar-refractivity contribution in [2.75, 3.05) is 11.9 Å². The normalized spacial score (nSPS) is 11.9. The van der Waals surface area contributed by atoms with Crippen molar-refractivity contribution < 1.29 is 9.18 Å². The molecule has 0 fully saturated rings. The van der Waals surface area contributed by atoms with E-state index in [2.05, 4.69) is 0 Å². The van der Waals surface area contributed by atoms with Crippen molar-refractivity contribution in [3.05, 3.63) is 60.4 Å². The van der Waals surface area contributed by atoms with Crippen LogP contribution < -0.4 is 4.90 Å². The zero-order valence-electron chi connectivity index (χ0n) is 11.4. The number of hydrogen-bond donors (Lipinski definition) is 0. The molecule has 2 aromatic rings. The molecule has 1 atom stereocenters. The summed E-state index contributed by atoms with van der Waals surface area (Å²) >= 11 is 1.43. The number of amides is 1. The van der Waals surface area contributed by atoms with Gasteiger partial charge < -0.3 is 4.90 Å². The summed E-state index contributed by atoms with van der Waals surface area (Å²) in [7, 11) is 1.76. The van der Waals surface area contributed by atoms with E-state index in [0.717, 1.165) is 10.6 Å². The van der Waals surface area contributed by atoms with E-state index in [-0.39, 0.29) is 17.0 Å². The van der Waals surface area contributed by atoms with E-state index >= 15 is 0 Å². The first-order valence-corrected chi connectivity index (χ1v) is 7.21. The third-order valence-electron chi connectivity index (χ3n) is 2.95. The molecule has 0 aromatic heterocycles. The summed E-state index contributed by atoms with van der Waals surface area (Å²) in [5, 5.41) is -0.231. The number of benzene rings is 2. The predicted molar refractivity (Wildman–Crippen MR) is 81.6 cm³/mol. The monoisotopic (exact) mass is 289 g/mol. The molecule has 4 heteroatoms. The number of hydrogen-bond acceptors (Lipinski definition) is 2. The van der Waals surface area contributed by atoms with Gasteiger partial charge in [0.25, 0.3) is 0 Å². The third-order valence-corrected chi connectivity index (χ3v) is 4.05. The molecule has 2 rings (SSSR count). The topological polar surface area (TPSA) is 20.3 Å². The Bertz CT molecular complexity index is 571. The zero-order valence-corrected chi connectivity index (χ0v) is 12.2. The van der Waals surface area contributed by atoms with Crippen molar-refractivity contribution in [2.45, 2.75) is 17.1 Å². The van der Waals surface area contributed by atoms with Crippen LogP contribution in [-0.2, 0) is 4.79 Å². The highest BCUT2D eigenvalue weighted by atomic mass is 32.2. The minimum absolute atomic E-state index is 0.0190. The van der Waals surface area contributed by atoms with Crippen molar-refractivity contribution in [1.29, 1.82) is 0 Å². The highest BCUT2D eigenvalue weighted by Crippen LogP contribution is 2.25. The van der Waals surface area contributed by atoms with Crippen LogP contribution in [0.25, 0.3) is 0 Å². The predicted octanol–water partition coefficient (Wildman–Crippen LogP) is 3.97. The van der Waals surface area contributed by atoms with E-state index in [4.69, 9.17) is 0 Å². The molecule has 104 valence electrons. The lowest BCUT2D eigenvalue weighted by atomic mass is 10.3. The molecular weight excluding hydrogens is 273 g/mol. The molecule has 0 radical (unpaired) electrons. The molecule has 0 aliphatic heterocycles. The molecule has 0 aliphatic carbocycles. The molecule has 0 aliphatic rings. The summed E-state index contributed by atoms with van der Waals surface area (Å²) in [5.74, 6) is -0.250. The number of carbonyl (C=O) groups excluding carboxylic acids is 1. The molecule has 0 heterocycles. The average molecular weight is 289 g/mol. The Morgan fingerprint density at radius 3 is 2.30 bits per heavy atom. The smallest absolute Gasteiger partial charge is 0.239 e. The number of carbonyl (C=O) groups is 1. The lowest BCUT2D eigenvalue weighted by Crippen LogP contribution is -2.33. The van der Waals surface area contributed by atoms with Crippen molar-refractivity contribution in [2.24, 2.45) is 0 Å². The first-order chi connectivity index (χ1) is 9.58. The van der Waals surface area contributed by atoms with Gasteiger partial charge in [-0.25, -0.2) is 4.39 Å². The number of para-hydroxylation sites is 1. The van der Waals surface area contributed by atoms with Gasteiger partial charge >= 0.3 is 0 Å². The fraction of sp³-hybridized carbons (Fsp3) is 0.188. The Balaban J connectivity index is 2.03. The Labute approximate surface area is 122 Å². The van der Waals surface area contributed by atoms with Gasteiger partial charge in [0.05, 0.1) is 5.25 Å². The van der Waals surface area contributed by atoms with Gasteiger partial charge in [0, 0.05) is 17.6 Å². The SMILES string of the molecule is CC(Sc1ccc(F)cc1)C(=O)N(C)c1ccccc1. The van der Waals surface area contributed by atoms with Crippen LogP contribution in [0.5, 0.6) is 0 Å². The number of halogens is 1. The van der Waals surface area contributed by atoms with Crippen molar-refractivity contribution in [3.8, 4) is 0 Å². The van der Waals surface area contributed by atoms with Crippen LogP contribution in [0.15, 0.2) is 59.5 Å². The second-order valence-electron chi connectivity index (χ2n) is 4.45. The summed E-state index contributed by atoms with van der Waals surface area (Å²) in [5.41, 5.74) is 0.865. The average Bonchev–Trinajstić information content (AvgIpc) is 2.49. The van der Waals surface area contributed by atoms with E-state index in [0.29, 0.717) is 0 Å². The second kappa shape index (κ2) is 6.57. The molecule has 0 bridgehead atoms. The number of nitrogens with zero attached hydrogens (tertiary/aromatic N) is 1. The summed E-state index contributed by atoms with van der Waals surface area (Å²) < 4.78 is 12.8. The van der Waals surface area contributed by atoms with E-state index in [1.54, 1.807) is 24.1 Å². The van der Waals surface area contributed by atoms with Gasteiger partial charge in [0.1, 0.15) is 5.82 Å². The van der Waals surface area contributed by atoms with Crippen LogP contribution in [0.1, 0.15) is 6.92 Å². The highest BCUT2D eigenvalue weighted by Gasteiger charge is 2.19. The van der Waals surface area contributed by atoms with Gasteiger partial charge in [0.15, 0.2) is 0 Å². The Morgan fingerprint density at radius 1 is 1.10 bits per heavy atom. The lowest BCUT2D eigenvalue weighted by molar-refractivity contribution is -0.117. The maximum absolute atomic E-state index is 12.8. The molecule has 0 N–H and O–H groups in total. The quantitative estimate of drug-likeness (QED) is 0.794. The minimum Gasteiger partial charge on any atom is -0.315 e. The zero-order chi connectivity index (χ0) is 14.5. The molecule has 20 heavy (non-hydrogen) atoms. The van der Waals surface area contributed by atoms with Crippen LogP contribution in [-0.4, -0.2) is 18.2 Å². The van der Waals surface area contributed by atoms with E-state index in [1.165, 1.54) is 23.9 Å². The van der Waals surface area contributed by atoms with E-state index in [1.807, 2.05) is 37.3 Å². The first kappa shape index (κ1) is 14.6. The van der Waals surface area contributed by atoms with E-state index < -0.39 is 0 Å². The first-order valence-electron chi connectivity index (χ1n) is 6.33. The Kier molecular flexibility index (Phi) is 4.79. The molecule has 0 saturated carbocycles. The summed E-state index contributed by atoms with van der Waals surface area (Å²) in [6.45, 7) is 1.86. The molecular formula is C16H16FNOS. The summed E-state index contributed by atoms with van der Waals surface area (Å²) in [4.78, 5) is 14.9. The Hall–Kier alpha value is -1.81. The van der Waals surface area contributed by atoms with Gasteiger partial charge in [-0.15, -0.1) is 11.8 Å². The number of thioether (sulfide) groups is 1. The lowest BCUT2D eigenvalue weighted by Gasteiger charge is -2.21. The van der Waals surface area contributed by atoms with Crippen molar-refractivity contribution in [3.63, 3.8) is 0 Å². The van der Waals surface area contributed by atoms with Gasteiger partial charge in [0.2, 0.25) is 5.91 Å². The molecule has 0 spiro atoms. The van der Waals surface area contributed by atoms with Crippen LogP contribution in [0.3, 0.4) is 0 Å². The third kappa shape index (κ3) is 3.61. The van der Waals surface area contributed by atoms with Gasteiger partial charge in [-0.3, -0.25) is 4.79 Å². The second-order valence-corrected chi connectivity index (χ2v) is 5.86. The maximum atomic E-state index is 12.8. The highest BCUT2D eigenvalue weighted by molar-refractivity contribution is 8.00. The molecule has 0 saturated heterocycles. The number of anilines is 1. The van der Waals surface area contributed by atoms with Crippen LogP contribution in [0.4, 0.5) is 10.1 Å². The fourth-order valence-corrected chi connectivity index (χ4v) is 2.78. The minimum atomic E-state index is -0.269. The van der Waals surface area contributed by atoms with Gasteiger partial charge in [-0.05, 0) is 43.3 Å². The fourth-order valence-electron chi connectivity index (χ4n) is 1.82. The molecule has 1 unspecified atom stereocenters. The van der Waals surface area contributed by atoms with Crippen molar-refractivity contribution in [1.82, 2.24) is 0 Å². The molecule has 1 amide bonds. The summed E-state index contributed by atoms with van der Waals surface area (Å²) in [6, 6.07) is 15.7. The summed E-state index contributed by atoms with van der Waals surface area (Å²) in [6.07, 6.45) is 0. The van der Waals surface area contributed by atoms with Crippen LogP contribution in [0, 0.1) is 5.82 Å². The van der Waals surface area contributed by atoms with E-state index in [9.17, 15) is 9.18 Å². The number of rotatable bonds is 4. The molecule has 2 aromatic carbocycles. The van der Waals surface area contributed by atoms with Crippen LogP contribution >= 0.6 is 11.8 Å². The van der Waals surface area contributed by atoms with Crippen LogP contribution in [0.2, 0.25) is 0 Å². The van der Waals surface area contributed by atoms with Crippen molar-refractivity contribution >= 4 is 23.4 Å². The van der Waals surface area contributed by atoms with Gasteiger partial charge in [-0.1, -0.05) is 18.2 Å². The largest absolute Gasteiger partial charge is 0.315 e. The Morgan fingerprint density at radius 2 is 1.70 bits per heavy atom. The standard InChI is InChI=1S/C16H16FNOS/c1-12(20-15-10-8-13(17)9-11-15)16(19)18(2)14-6-4-3-5-7-14/h3-12H,1-2H3. The van der Waals surface area contributed by atoms with Gasteiger partial charge in [-0.2, -0.15) is 0 Å². The maximum Gasteiger partial charge on any atom is 0.239 e.